The van der Waals surface area contributed by atoms with E-state index in [1.54, 1.807) is 0 Å². The molecule has 0 heterocycles. The van der Waals surface area contributed by atoms with Crippen LogP contribution >= 0.6 is 0 Å². The van der Waals surface area contributed by atoms with Gasteiger partial charge < -0.3 is 15.0 Å². The van der Waals surface area contributed by atoms with Crippen molar-refractivity contribution in [1.82, 2.24) is 10.2 Å². The fourth-order valence-corrected chi connectivity index (χ4v) is 1.32. The summed E-state index contributed by atoms with van der Waals surface area (Å²) in [4.78, 5) is 13.4. The first-order chi connectivity index (χ1) is 7.10. The molecule has 1 amide bonds. The maximum absolute atomic E-state index is 11.1. The van der Waals surface area contributed by atoms with Crippen LogP contribution in [0.2, 0.25) is 0 Å². The molecule has 0 saturated carbocycles. The third-order valence-corrected chi connectivity index (χ3v) is 2.03. The smallest absolute Gasteiger partial charge is 0.407 e. The second kappa shape index (κ2) is 8.53. The van der Waals surface area contributed by atoms with Crippen LogP contribution in [0.3, 0.4) is 0 Å². The zero-order valence-corrected chi connectivity index (χ0v) is 10.4. The molecule has 0 unspecified atom stereocenters. The maximum atomic E-state index is 11.1. The van der Waals surface area contributed by atoms with Crippen LogP contribution in [0.4, 0.5) is 4.79 Å². The molecule has 0 atom stereocenters. The molecule has 4 nitrogen and oxygen atoms in total. The molecule has 1 N–H and O–H groups in total. The molecule has 0 bridgehead atoms. The Balaban J connectivity index is 0. The summed E-state index contributed by atoms with van der Waals surface area (Å²) in [6.45, 7) is 11.6. The number of carbonyl (C=O) groups is 1. The van der Waals surface area contributed by atoms with Crippen molar-refractivity contribution >= 4 is 6.09 Å². The van der Waals surface area contributed by atoms with E-state index >= 15 is 0 Å². The van der Waals surface area contributed by atoms with Gasteiger partial charge in [-0.25, -0.2) is 4.79 Å². The lowest BCUT2D eigenvalue weighted by Crippen LogP contribution is -2.36. The second-order valence-corrected chi connectivity index (χ2v) is 3.82. The maximum Gasteiger partial charge on any atom is 0.407 e. The molecule has 0 radical (unpaired) electrons. The van der Waals surface area contributed by atoms with E-state index in [0.717, 1.165) is 26.1 Å². The third kappa shape index (κ3) is 8.24. The van der Waals surface area contributed by atoms with E-state index in [2.05, 4.69) is 24.1 Å². The quantitative estimate of drug-likeness (QED) is 0.711. The summed E-state index contributed by atoms with van der Waals surface area (Å²) in [5, 5.41) is 2.73. The van der Waals surface area contributed by atoms with Crippen LogP contribution < -0.4 is 5.32 Å². The highest BCUT2D eigenvalue weighted by Crippen LogP contribution is 1.90. The van der Waals surface area contributed by atoms with E-state index in [1.807, 2.05) is 13.8 Å². The molecular formula is C11H26N2O2. The van der Waals surface area contributed by atoms with Crippen molar-refractivity contribution in [1.29, 1.82) is 0 Å². The highest BCUT2D eigenvalue weighted by molar-refractivity contribution is 5.67. The van der Waals surface area contributed by atoms with Crippen LogP contribution in [0.25, 0.3) is 0 Å². The molecule has 0 aliphatic rings. The highest BCUT2D eigenvalue weighted by atomic mass is 16.6. The molecule has 0 fully saturated rings. The van der Waals surface area contributed by atoms with Crippen LogP contribution in [0.5, 0.6) is 0 Å². The minimum atomic E-state index is -0.322. The van der Waals surface area contributed by atoms with Gasteiger partial charge in [-0.1, -0.05) is 13.8 Å². The SMILES string of the molecule is CCCN(CC)CCNC(=O)OC(C)C.[HH]. The normalized spacial score (nSPS) is 10.8. The van der Waals surface area contributed by atoms with Gasteiger partial charge in [0.25, 0.3) is 0 Å². The first-order valence-electron chi connectivity index (χ1n) is 5.77. The number of rotatable bonds is 7. The molecule has 0 aromatic carbocycles. The number of hydrogen-bond donors (Lipinski definition) is 1. The Labute approximate surface area is 94.5 Å². The van der Waals surface area contributed by atoms with E-state index in [9.17, 15) is 4.79 Å². The third-order valence-electron chi connectivity index (χ3n) is 2.03. The molecule has 0 aliphatic heterocycles. The predicted molar refractivity (Wildman–Crippen MR) is 64.1 cm³/mol. The Morgan fingerprint density at radius 2 is 2.07 bits per heavy atom. The van der Waals surface area contributed by atoms with Gasteiger partial charge >= 0.3 is 6.09 Å². The summed E-state index contributed by atoms with van der Waals surface area (Å²) in [5.41, 5.74) is 0. The van der Waals surface area contributed by atoms with Crippen molar-refractivity contribution in [2.75, 3.05) is 26.2 Å². The summed E-state index contributed by atoms with van der Waals surface area (Å²) < 4.78 is 4.96. The van der Waals surface area contributed by atoms with Gasteiger partial charge in [0.2, 0.25) is 0 Å². The van der Waals surface area contributed by atoms with Crippen molar-refractivity contribution in [3.05, 3.63) is 0 Å². The average Bonchev–Trinajstić information content (AvgIpc) is 2.15. The molecule has 92 valence electrons. The lowest BCUT2D eigenvalue weighted by Gasteiger charge is -2.19. The number of carbonyl (C=O) groups excluding carboxylic acids is 1. The van der Waals surface area contributed by atoms with Gasteiger partial charge in [0.1, 0.15) is 0 Å². The van der Waals surface area contributed by atoms with Gasteiger partial charge in [-0.05, 0) is 33.4 Å². The van der Waals surface area contributed by atoms with E-state index in [4.69, 9.17) is 4.74 Å². The monoisotopic (exact) mass is 218 g/mol. The first kappa shape index (κ1) is 14.2. The summed E-state index contributed by atoms with van der Waals surface area (Å²) in [6.07, 6.45) is 0.769. The Bertz CT molecular complexity index is 177. The van der Waals surface area contributed by atoms with Gasteiger partial charge in [-0.15, -0.1) is 0 Å². The zero-order chi connectivity index (χ0) is 11.7. The van der Waals surface area contributed by atoms with Gasteiger partial charge in [0.15, 0.2) is 0 Å². The Hall–Kier alpha value is -0.770. The van der Waals surface area contributed by atoms with Crippen molar-refractivity contribution in [2.45, 2.75) is 40.2 Å². The van der Waals surface area contributed by atoms with Crippen molar-refractivity contribution in [2.24, 2.45) is 0 Å². The number of nitrogens with zero attached hydrogens (tertiary/aromatic N) is 1. The molecule has 4 heteroatoms. The summed E-state index contributed by atoms with van der Waals surface area (Å²) >= 11 is 0. The van der Waals surface area contributed by atoms with E-state index in [0.29, 0.717) is 6.54 Å². The lowest BCUT2D eigenvalue weighted by molar-refractivity contribution is 0.114. The van der Waals surface area contributed by atoms with Crippen LogP contribution in [0.15, 0.2) is 0 Å². The van der Waals surface area contributed by atoms with E-state index in [-0.39, 0.29) is 13.6 Å². The average molecular weight is 218 g/mol. The topological polar surface area (TPSA) is 41.6 Å². The fraction of sp³-hybridized carbons (Fsp3) is 0.909. The molecule has 0 spiro atoms. The Kier molecular flexibility index (Phi) is 8.09. The summed E-state index contributed by atoms with van der Waals surface area (Å²) in [7, 11) is 0. The zero-order valence-electron chi connectivity index (χ0n) is 10.4. The highest BCUT2D eigenvalue weighted by Gasteiger charge is 2.05. The fourth-order valence-electron chi connectivity index (χ4n) is 1.32. The standard InChI is InChI=1S/C11H24N2O2.H2/c1-5-8-13(6-2)9-7-12-11(14)15-10(3)4;/h10H,5-9H2,1-4H3,(H,12,14);1H. The molecule has 0 aromatic rings. The van der Waals surface area contributed by atoms with Crippen LogP contribution in [-0.4, -0.2) is 43.3 Å². The minimum absolute atomic E-state index is 0. The molecule has 15 heavy (non-hydrogen) atoms. The summed E-state index contributed by atoms with van der Waals surface area (Å²) in [6, 6.07) is 0. The molecular weight excluding hydrogens is 192 g/mol. The van der Waals surface area contributed by atoms with Gasteiger partial charge in [0, 0.05) is 14.5 Å². The van der Waals surface area contributed by atoms with Crippen molar-refractivity contribution in [3.8, 4) is 0 Å². The second-order valence-electron chi connectivity index (χ2n) is 3.82. The van der Waals surface area contributed by atoms with Crippen LogP contribution in [0.1, 0.15) is 35.5 Å². The number of amides is 1. The summed E-state index contributed by atoms with van der Waals surface area (Å²) in [5.74, 6) is 0. The Morgan fingerprint density at radius 3 is 2.53 bits per heavy atom. The van der Waals surface area contributed by atoms with Gasteiger partial charge in [0.05, 0.1) is 6.10 Å². The predicted octanol–water partition coefficient (Wildman–Crippen LogP) is 2.10. The first-order valence-corrected chi connectivity index (χ1v) is 5.77. The number of ether oxygens (including phenoxy) is 1. The lowest BCUT2D eigenvalue weighted by atomic mass is 10.4. The molecule has 0 aromatic heterocycles. The number of hydrogen-bond acceptors (Lipinski definition) is 3. The van der Waals surface area contributed by atoms with Crippen molar-refractivity contribution < 1.29 is 11.0 Å². The van der Waals surface area contributed by atoms with Gasteiger partial charge in [-0.2, -0.15) is 0 Å². The van der Waals surface area contributed by atoms with Gasteiger partial charge in [-0.3, -0.25) is 0 Å². The van der Waals surface area contributed by atoms with Crippen LogP contribution in [0, 0.1) is 0 Å². The molecule has 0 aliphatic carbocycles. The van der Waals surface area contributed by atoms with Crippen molar-refractivity contribution in [3.63, 3.8) is 0 Å². The van der Waals surface area contributed by atoms with Crippen LogP contribution in [-0.2, 0) is 4.74 Å². The largest absolute Gasteiger partial charge is 0.447 e. The number of likely N-dealkylation sites (N-methyl/N-ethyl adjacent to an activating group) is 1. The number of nitrogens with one attached hydrogen (secondary N) is 1. The minimum Gasteiger partial charge on any atom is -0.447 e. The molecule has 0 rings (SSSR count). The number of alkyl carbamates (subject to hydrolysis) is 1. The van der Waals surface area contributed by atoms with E-state index in [1.165, 1.54) is 0 Å². The Morgan fingerprint density at radius 1 is 1.40 bits per heavy atom. The molecule has 0 saturated heterocycles. The van der Waals surface area contributed by atoms with E-state index < -0.39 is 0 Å².